The van der Waals surface area contributed by atoms with Crippen LogP contribution in [0.4, 0.5) is 4.39 Å². The van der Waals surface area contributed by atoms with Gasteiger partial charge in [-0.3, -0.25) is 4.98 Å². The summed E-state index contributed by atoms with van der Waals surface area (Å²) in [6.07, 6.45) is 1.80. The van der Waals surface area contributed by atoms with Gasteiger partial charge in [-0.2, -0.15) is 0 Å². The molecule has 0 saturated carbocycles. The summed E-state index contributed by atoms with van der Waals surface area (Å²) in [7, 11) is 1.69. The fourth-order valence-electron chi connectivity index (χ4n) is 4.25. The molecule has 4 rings (SSSR count). The Morgan fingerprint density at radius 1 is 1.17 bits per heavy atom. The average Bonchev–Trinajstić information content (AvgIpc) is 3.23. The molecule has 156 valence electrons. The normalized spacial score (nSPS) is 18.7. The van der Waals surface area contributed by atoms with Crippen LogP contribution in [-0.2, 0) is 4.74 Å². The van der Waals surface area contributed by atoms with Crippen molar-refractivity contribution in [3.05, 3.63) is 83.2 Å². The van der Waals surface area contributed by atoms with E-state index in [9.17, 15) is 4.39 Å². The number of methoxy groups -OCH3 is 1. The second-order valence-corrected chi connectivity index (χ2v) is 7.84. The lowest BCUT2D eigenvalue weighted by Gasteiger charge is -2.28. The van der Waals surface area contributed by atoms with E-state index in [1.54, 1.807) is 25.4 Å². The highest BCUT2D eigenvalue weighted by atomic mass is 32.1. The lowest BCUT2D eigenvalue weighted by Crippen LogP contribution is -2.32. The van der Waals surface area contributed by atoms with Crippen LogP contribution in [0.15, 0.2) is 54.7 Å². The number of hydrogen-bond donors (Lipinski definition) is 1. The summed E-state index contributed by atoms with van der Waals surface area (Å²) in [6.45, 7) is 5.41. The van der Waals surface area contributed by atoms with Crippen molar-refractivity contribution in [2.24, 2.45) is 0 Å². The topological polar surface area (TPSA) is 42.3 Å². The number of nitrogens with zero attached hydrogens (tertiary/aromatic N) is 3. The Bertz CT molecular complexity index is 1040. The van der Waals surface area contributed by atoms with Crippen LogP contribution in [0.2, 0.25) is 0 Å². The van der Waals surface area contributed by atoms with Crippen LogP contribution < -0.4 is 5.32 Å². The van der Waals surface area contributed by atoms with E-state index in [1.165, 1.54) is 12.1 Å². The van der Waals surface area contributed by atoms with Crippen molar-refractivity contribution >= 4 is 17.3 Å². The summed E-state index contributed by atoms with van der Waals surface area (Å²) in [5.41, 5.74) is 5.22. The predicted molar refractivity (Wildman–Crippen MR) is 119 cm³/mol. The van der Waals surface area contributed by atoms with Crippen LogP contribution in [0.25, 0.3) is 5.69 Å². The number of hydrogen-bond acceptors (Lipinski definition) is 3. The van der Waals surface area contributed by atoms with Gasteiger partial charge in [-0.1, -0.05) is 6.07 Å². The summed E-state index contributed by atoms with van der Waals surface area (Å²) >= 11 is 5.68. The first-order valence-electron chi connectivity index (χ1n) is 9.93. The van der Waals surface area contributed by atoms with Crippen molar-refractivity contribution in [1.29, 1.82) is 0 Å². The number of halogens is 1. The Labute approximate surface area is 181 Å². The molecule has 1 aliphatic heterocycles. The molecule has 1 fully saturated rings. The van der Waals surface area contributed by atoms with Gasteiger partial charge in [-0.15, -0.1) is 0 Å². The molecule has 2 aromatic heterocycles. The zero-order chi connectivity index (χ0) is 21.3. The number of pyridine rings is 1. The molecule has 7 heteroatoms. The van der Waals surface area contributed by atoms with Crippen LogP contribution >= 0.6 is 12.2 Å². The quantitative estimate of drug-likeness (QED) is 0.600. The van der Waals surface area contributed by atoms with Crippen LogP contribution in [0.1, 0.15) is 34.7 Å². The minimum Gasteiger partial charge on any atom is -0.383 e. The first kappa shape index (κ1) is 20.5. The van der Waals surface area contributed by atoms with Gasteiger partial charge in [0.05, 0.1) is 24.4 Å². The van der Waals surface area contributed by atoms with E-state index in [4.69, 9.17) is 17.0 Å². The minimum absolute atomic E-state index is 0.0250. The fraction of sp³-hybridized carbons (Fsp3) is 0.304. The van der Waals surface area contributed by atoms with Gasteiger partial charge in [0, 0.05) is 36.9 Å². The summed E-state index contributed by atoms with van der Waals surface area (Å²) in [5.74, 6) is -0.243. The van der Waals surface area contributed by atoms with Crippen molar-refractivity contribution in [2.45, 2.75) is 25.9 Å². The molecular weight excluding hydrogens is 399 g/mol. The lowest BCUT2D eigenvalue weighted by atomic mass is 9.97. The smallest absolute Gasteiger partial charge is 0.170 e. The molecule has 0 radical (unpaired) electrons. The molecule has 3 aromatic rings. The molecule has 1 aromatic carbocycles. The van der Waals surface area contributed by atoms with Crippen molar-refractivity contribution in [2.75, 3.05) is 20.3 Å². The van der Waals surface area contributed by atoms with Crippen molar-refractivity contribution in [3.63, 3.8) is 0 Å². The van der Waals surface area contributed by atoms with Crippen molar-refractivity contribution in [1.82, 2.24) is 19.8 Å². The summed E-state index contributed by atoms with van der Waals surface area (Å²) in [5, 5.41) is 4.16. The Hall–Kier alpha value is -2.77. The monoisotopic (exact) mass is 424 g/mol. The van der Waals surface area contributed by atoms with Gasteiger partial charge < -0.3 is 19.5 Å². The van der Waals surface area contributed by atoms with E-state index in [0.29, 0.717) is 18.3 Å². The molecule has 0 amide bonds. The van der Waals surface area contributed by atoms with Crippen LogP contribution in [0, 0.1) is 19.7 Å². The molecule has 0 unspecified atom stereocenters. The molecule has 0 spiro atoms. The molecule has 0 bridgehead atoms. The summed E-state index contributed by atoms with van der Waals surface area (Å²) < 4.78 is 20.9. The van der Waals surface area contributed by atoms with E-state index in [0.717, 1.165) is 28.3 Å². The lowest BCUT2D eigenvalue weighted by molar-refractivity contribution is 0.164. The Balaban J connectivity index is 1.81. The zero-order valence-electron chi connectivity index (χ0n) is 17.3. The number of benzene rings is 1. The fourth-order valence-corrected chi connectivity index (χ4v) is 4.58. The molecule has 30 heavy (non-hydrogen) atoms. The number of aryl methyl sites for hydroxylation is 1. The maximum absolute atomic E-state index is 13.4. The first-order valence-corrected chi connectivity index (χ1v) is 10.3. The molecule has 1 N–H and O–H groups in total. The third-order valence-corrected chi connectivity index (χ3v) is 5.96. The minimum atomic E-state index is -0.243. The third kappa shape index (κ3) is 3.70. The van der Waals surface area contributed by atoms with Crippen LogP contribution in [0.3, 0.4) is 0 Å². The van der Waals surface area contributed by atoms with Crippen molar-refractivity contribution < 1.29 is 9.13 Å². The standard InChI is InChI=1S/C23H25FN4OS/c1-15-14-19(16(2)28(15)18-9-7-17(24)8-10-18)22-21(20-6-4-5-11-25-20)26-23(30)27(22)12-13-29-3/h4-11,14,21-22H,12-13H2,1-3H3,(H,26,30)/t21-,22-/m1/s1. The predicted octanol–water partition coefficient (Wildman–Crippen LogP) is 4.25. The zero-order valence-corrected chi connectivity index (χ0v) is 18.1. The van der Waals surface area contributed by atoms with Crippen LogP contribution in [0.5, 0.6) is 0 Å². The molecule has 5 nitrogen and oxygen atoms in total. The molecule has 1 aliphatic rings. The number of aromatic nitrogens is 2. The summed E-state index contributed by atoms with van der Waals surface area (Å²) in [6, 6.07) is 14.6. The van der Waals surface area contributed by atoms with E-state index < -0.39 is 0 Å². The van der Waals surface area contributed by atoms with Crippen molar-refractivity contribution in [3.8, 4) is 5.69 Å². The number of rotatable bonds is 6. The first-order chi connectivity index (χ1) is 14.5. The summed E-state index contributed by atoms with van der Waals surface area (Å²) in [4.78, 5) is 6.76. The molecular formula is C23H25FN4OS. The molecule has 2 atom stereocenters. The maximum Gasteiger partial charge on any atom is 0.170 e. The number of thiocarbonyl (C=S) groups is 1. The Kier molecular flexibility index (Phi) is 5.83. The van der Waals surface area contributed by atoms with Gasteiger partial charge in [-0.05, 0) is 74.1 Å². The SMILES string of the molecule is COCCN1C(=S)N[C@H](c2ccccn2)[C@H]1c1cc(C)n(-c2ccc(F)cc2)c1C. The van der Waals surface area contributed by atoms with Gasteiger partial charge >= 0.3 is 0 Å². The van der Waals surface area contributed by atoms with Gasteiger partial charge in [-0.25, -0.2) is 4.39 Å². The number of nitrogens with one attached hydrogen (secondary N) is 1. The molecule has 3 heterocycles. The van der Waals surface area contributed by atoms with E-state index in [-0.39, 0.29) is 17.9 Å². The highest BCUT2D eigenvalue weighted by molar-refractivity contribution is 7.80. The Morgan fingerprint density at radius 3 is 2.60 bits per heavy atom. The molecule has 1 saturated heterocycles. The van der Waals surface area contributed by atoms with Crippen LogP contribution in [-0.4, -0.2) is 39.8 Å². The second-order valence-electron chi connectivity index (χ2n) is 7.45. The van der Waals surface area contributed by atoms with Gasteiger partial charge in [0.15, 0.2) is 5.11 Å². The Morgan fingerprint density at radius 2 is 1.93 bits per heavy atom. The van der Waals surface area contributed by atoms with E-state index in [1.807, 2.05) is 18.2 Å². The molecule has 0 aliphatic carbocycles. The highest BCUT2D eigenvalue weighted by Crippen LogP contribution is 2.41. The van der Waals surface area contributed by atoms with Gasteiger partial charge in [0.25, 0.3) is 0 Å². The van der Waals surface area contributed by atoms with Gasteiger partial charge in [0.2, 0.25) is 0 Å². The average molecular weight is 425 g/mol. The second kappa shape index (κ2) is 8.53. The highest BCUT2D eigenvalue weighted by Gasteiger charge is 2.41. The van der Waals surface area contributed by atoms with E-state index >= 15 is 0 Å². The van der Waals surface area contributed by atoms with E-state index in [2.05, 4.69) is 39.7 Å². The maximum atomic E-state index is 13.4. The largest absolute Gasteiger partial charge is 0.383 e. The number of ether oxygens (including phenoxy) is 1. The third-order valence-electron chi connectivity index (χ3n) is 5.61. The van der Waals surface area contributed by atoms with Gasteiger partial charge in [0.1, 0.15) is 5.82 Å².